The zero-order valence-corrected chi connectivity index (χ0v) is 16.2. The highest BCUT2D eigenvalue weighted by atomic mass is 35.5. The average molecular weight is 382 g/mol. The molecule has 0 N–H and O–H groups in total. The first-order valence-electron chi connectivity index (χ1n) is 8.71. The fourth-order valence-electron chi connectivity index (χ4n) is 3.86. The molecule has 0 saturated carbocycles. The summed E-state index contributed by atoms with van der Waals surface area (Å²) in [6.45, 7) is 4.56. The van der Waals surface area contributed by atoms with Crippen LogP contribution in [0.2, 0.25) is 0 Å². The molecule has 0 radical (unpaired) electrons. The number of rotatable bonds is 4. The van der Waals surface area contributed by atoms with Gasteiger partial charge in [-0.2, -0.15) is 0 Å². The SMILES string of the molecule is CN1CCC(N(C)C(c2cc3ncncc3s2)N2CCOC(Cl)C2)C1. The molecule has 2 fully saturated rings. The topological polar surface area (TPSA) is 44.7 Å². The minimum absolute atomic E-state index is 0.195. The first-order valence-corrected chi connectivity index (χ1v) is 9.97. The van der Waals surface area contributed by atoms with Crippen LogP contribution in [0.1, 0.15) is 17.5 Å². The number of morpholine rings is 1. The van der Waals surface area contributed by atoms with Crippen molar-refractivity contribution in [1.29, 1.82) is 0 Å². The molecule has 2 aliphatic rings. The smallest absolute Gasteiger partial charge is 0.143 e. The van der Waals surface area contributed by atoms with Gasteiger partial charge in [-0.25, -0.2) is 9.97 Å². The Morgan fingerprint density at radius 3 is 3.00 bits per heavy atom. The van der Waals surface area contributed by atoms with Crippen LogP contribution in [-0.2, 0) is 4.74 Å². The molecule has 25 heavy (non-hydrogen) atoms. The van der Waals surface area contributed by atoms with E-state index in [2.05, 4.69) is 44.8 Å². The molecule has 4 rings (SSSR count). The van der Waals surface area contributed by atoms with Gasteiger partial charge in [-0.3, -0.25) is 9.80 Å². The van der Waals surface area contributed by atoms with E-state index in [1.807, 2.05) is 6.20 Å². The van der Waals surface area contributed by atoms with Crippen molar-refractivity contribution in [3.8, 4) is 0 Å². The lowest BCUT2D eigenvalue weighted by molar-refractivity contribution is -0.0506. The lowest BCUT2D eigenvalue weighted by Crippen LogP contribution is -2.50. The van der Waals surface area contributed by atoms with Crippen molar-refractivity contribution in [2.45, 2.75) is 24.2 Å². The largest absolute Gasteiger partial charge is 0.360 e. The van der Waals surface area contributed by atoms with Crippen molar-refractivity contribution in [3.63, 3.8) is 0 Å². The molecule has 2 saturated heterocycles. The van der Waals surface area contributed by atoms with Crippen LogP contribution in [0.25, 0.3) is 10.2 Å². The molecule has 8 heteroatoms. The van der Waals surface area contributed by atoms with E-state index in [0.29, 0.717) is 12.6 Å². The van der Waals surface area contributed by atoms with E-state index in [4.69, 9.17) is 16.3 Å². The van der Waals surface area contributed by atoms with Crippen LogP contribution in [0.4, 0.5) is 0 Å². The molecule has 136 valence electrons. The van der Waals surface area contributed by atoms with Gasteiger partial charge in [0, 0.05) is 36.8 Å². The van der Waals surface area contributed by atoms with Gasteiger partial charge in [0.25, 0.3) is 0 Å². The van der Waals surface area contributed by atoms with Crippen molar-refractivity contribution in [2.75, 3.05) is 46.9 Å². The summed E-state index contributed by atoms with van der Waals surface area (Å²) in [5, 5.41) is 0. The molecule has 4 heterocycles. The lowest BCUT2D eigenvalue weighted by Gasteiger charge is -2.42. The van der Waals surface area contributed by atoms with E-state index in [-0.39, 0.29) is 11.7 Å². The molecule has 2 aromatic heterocycles. The summed E-state index contributed by atoms with van der Waals surface area (Å²) in [4.78, 5) is 17.2. The summed E-state index contributed by atoms with van der Waals surface area (Å²) >= 11 is 8.08. The summed E-state index contributed by atoms with van der Waals surface area (Å²) in [6.07, 6.45) is 4.91. The Morgan fingerprint density at radius 2 is 2.28 bits per heavy atom. The molecular weight excluding hydrogens is 358 g/mol. The molecule has 6 nitrogen and oxygen atoms in total. The zero-order chi connectivity index (χ0) is 17.4. The van der Waals surface area contributed by atoms with Crippen molar-refractivity contribution < 1.29 is 4.74 Å². The highest BCUT2D eigenvalue weighted by Gasteiger charge is 2.35. The minimum Gasteiger partial charge on any atom is -0.360 e. The van der Waals surface area contributed by atoms with Crippen molar-refractivity contribution in [3.05, 3.63) is 23.5 Å². The average Bonchev–Trinajstić information content (AvgIpc) is 3.21. The number of likely N-dealkylation sites (N-methyl/N-ethyl adjacent to an activating group) is 2. The third-order valence-electron chi connectivity index (χ3n) is 5.20. The van der Waals surface area contributed by atoms with Gasteiger partial charge >= 0.3 is 0 Å². The van der Waals surface area contributed by atoms with Crippen LogP contribution < -0.4 is 0 Å². The molecule has 0 amide bonds. The zero-order valence-electron chi connectivity index (χ0n) is 14.6. The normalized spacial score (nSPS) is 27.4. The Labute approximate surface area is 157 Å². The van der Waals surface area contributed by atoms with Crippen molar-refractivity contribution in [2.24, 2.45) is 0 Å². The molecule has 0 spiro atoms. The summed E-state index contributed by atoms with van der Waals surface area (Å²) in [6, 6.07) is 2.75. The molecule has 0 aromatic carbocycles. The van der Waals surface area contributed by atoms with E-state index >= 15 is 0 Å². The monoisotopic (exact) mass is 381 g/mol. The minimum atomic E-state index is -0.245. The Balaban J connectivity index is 1.67. The Hall–Kier alpha value is -0.830. The number of likely N-dealkylation sites (tertiary alicyclic amines) is 1. The molecule has 0 aliphatic carbocycles. The maximum absolute atomic E-state index is 6.30. The second-order valence-electron chi connectivity index (χ2n) is 6.94. The highest BCUT2D eigenvalue weighted by Crippen LogP contribution is 2.36. The standard InChI is InChI=1S/C17H24ClN5OS/c1-21-4-3-12(9-21)22(2)17(23-5-6-24-16(18)10-23)14-7-13-15(25-14)8-19-11-20-13/h7-8,11-12,16-17H,3-6,9-10H2,1-2H3. The van der Waals surface area contributed by atoms with E-state index < -0.39 is 0 Å². The predicted molar refractivity (Wildman–Crippen MR) is 101 cm³/mol. The first kappa shape index (κ1) is 17.6. The summed E-state index contributed by atoms with van der Waals surface area (Å²) < 4.78 is 6.69. The number of ether oxygens (including phenoxy) is 1. The molecular formula is C17H24ClN5OS. The second-order valence-corrected chi connectivity index (χ2v) is 8.54. The molecule has 0 bridgehead atoms. The quantitative estimate of drug-likeness (QED) is 0.757. The van der Waals surface area contributed by atoms with Crippen molar-refractivity contribution >= 4 is 33.2 Å². The maximum atomic E-state index is 6.30. The van der Waals surface area contributed by atoms with Gasteiger partial charge in [0.15, 0.2) is 0 Å². The Bertz CT molecular complexity index is 695. The maximum Gasteiger partial charge on any atom is 0.143 e. The van der Waals surface area contributed by atoms with E-state index in [1.54, 1.807) is 17.7 Å². The number of alkyl halides is 1. The fourth-order valence-corrected chi connectivity index (χ4v) is 5.30. The molecule has 2 aromatic rings. The third kappa shape index (κ3) is 3.67. The number of hydrogen-bond donors (Lipinski definition) is 0. The van der Waals surface area contributed by atoms with Crippen LogP contribution in [0.5, 0.6) is 0 Å². The Morgan fingerprint density at radius 1 is 1.40 bits per heavy atom. The number of thiophene rings is 1. The van der Waals surface area contributed by atoms with Crippen LogP contribution in [0.15, 0.2) is 18.6 Å². The Kier molecular flexibility index (Phi) is 5.22. The molecule has 2 aliphatic heterocycles. The number of aromatic nitrogens is 2. The number of fused-ring (bicyclic) bond motifs is 1. The van der Waals surface area contributed by atoms with Crippen LogP contribution >= 0.6 is 22.9 Å². The molecule has 3 atom stereocenters. The van der Waals surface area contributed by atoms with Crippen LogP contribution in [0, 0.1) is 0 Å². The number of hydrogen-bond acceptors (Lipinski definition) is 7. The van der Waals surface area contributed by atoms with Gasteiger partial charge in [0.2, 0.25) is 0 Å². The van der Waals surface area contributed by atoms with Gasteiger partial charge in [-0.15, -0.1) is 11.3 Å². The van der Waals surface area contributed by atoms with Gasteiger partial charge in [0.1, 0.15) is 11.9 Å². The van der Waals surface area contributed by atoms with Gasteiger partial charge in [-0.05, 0) is 33.1 Å². The van der Waals surface area contributed by atoms with Gasteiger partial charge in [0.05, 0.1) is 23.0 Å². The highest BCUT2D eigenvalue weighted by molar-refractivity contribution is 7.19. The predicted octanol–water partition coefficient (Wildman–Crippen LogP) is 2.22. The van der Waals surface area contributed by atoms with Crippen molar-refractivity contribution in [1.82, 2.24) is 24.7 Å². The van der Waals surface area contributed by atoms with E-state index in [1.165, 1.54) is 11.3 Å². The molecule has 3 unspecified atom stereocenters. The van der Waals surface area contributed by atoms with Gasteiger partial charge in [-0.1, -0.05) is 11.6 Å². The van der Waals surface area contributed by atoms with Crippen LogP contribution in [-0.4, -0.2) is 83.2 Å². The lowest BCUT2D eigenvalue weighted by atomic mass is 10.2. The van der Waals surface area contributed by atoms with Gasteiger partial charge < -0.3 is 9.64 Å². The third-order valence-corrected chi connectivity index (χ3v) is 6.56. The summed E-state index contributed by atoms with van der Waals surface area (Å²) in [5.41, 5.74) is 0.776. The van der Waals surface area contributed by atoms with Crippen LogP contribution in [0.3, 0.4) is 0 Å². The summed E-state index contributed by atoms with van der Waals surface area (Å²) in [5.74, 6) is 0. The summed E-state index contributed by atoms with van der Waals surface area (Å²) in [7, 11) is 4.44. The van der Waals surface area contributed by atoms with E-state index in [0.717, 1.165) is 36.4 Å². The number of halogens is 1. The first-order chi connectivity index (χ1) is 12.1. The second kappa shape index (κ2) is 7.42. The number of nitrogens with zero attached hydrogens (tertiary/aromatic N) is 5. The van der Waals surface area contributed by atoms with E-state index in [9.17, 15) is 0 Å². The fraction of sp³-hybridized carbons (Fsp3) is 0.647.